The summed E-state index contributed by atoms with van der Waals surface area (Å²) in [6.07, 6.45) is 0.270. The molecule has 0 saturated carbocycles. The van der Waals surface area contributed by atoms with Gasteiger partial charge in [0.1, 0.15) is 0 Å². The van der Waals surface area contributed by atoms with Gasteiger partial charge >= 0.3 is 6.03 Å². The summed E-state index contributed by atoms with van der Waals surface area (Å²) in [5.74, 6) is -0.236. The van der Waals surface area contributed by atoms with Crippen LogP contribution in [0.1, 0.15) is 6.42 Å². The molecule has 21 heavy (non-hydrogen) atoms. The maximum Gasteiger partial charge on any atom is 0.335 e. The number of rotatable bonds is 2. The Morgan fingerprint density at radius 1 is 0.905 bits per heavy atom. The lowest BCUT2D eigenvalue weighted by molar-refractivity contribution is -0.118. The first-order valence-corrected chi connectivity index (χ1v) is 7.00. The fraction of sp³-hybridized carbons (Fsp3) is 0.125. The fourth-order valence-corrected chi connectivity index (χ4v) is 2.58. The molecule has 0 spiro atoms. The first-order valence-electron chi connectivity index (χ1n) is 6.62. The molecule has 3 amide bonds. The van der Waals surface area contributed by atoms with Gasteiger partial charge in [-0.2, -0.15) is 0 Å². The van der Waals surface area contributed by atoms with Crippen molar-refractivity contribution in [1.82, 2.24) is 0 Å². The van der Waals surface area contributed by atoms with Gasteiger partial charge in [0.15, 0.2) is 0 Å². The van der Waals surface area contributed by atoms with Crippen LogP contribution in [0.5, 0.6) is 0 Å². The Bertz CT molecular complexity index is 688. The second-order valence-electron chi connectivity index (χ2n) is 4.70. The average molecular weight is 301 g/mol. The third-order valence-electron chi connectivity index (χ3n) is 3.38. The van der Waals surface area contributed by atoms with Crippen LogP contribution in [-0.4, -0.2) is 18.5 Å². The predicted molar refractivity (Wildman–Crippen MR) is 82.7 cm³/mol. The van der Waals surface area contributed by atoms with E-state index in [1.165, 1.54) is 0 Å². The maximum absolute atomic E-state index is 12.7. The summed E-state index contributed by atoms with van der Waals surface area (Å²) < 4.78 is 0. The summed E-state index contributed by atoms with van der Waals surface area (Å²) in [5.41, 5.74) is 1.20. The minimum Gasteiger partial charge on any atom is -0.293 e. The molecule has 3 rings (SSSR count). The van der Waals surface area contributed by atoms with Crippen LogP contribution >= 0.6 is 11.6 Å². The number of halogens is 1. The molecule has 5 heteroatoms. The molecule has 0 aromatic heterocycles. The van der Waals surface area contributed by atoms with Crippen LogP contribution in [0.3, 0.4) is 0 Å². The molecule has 2 aromatic rings. The van der Waals surface area contributed by atoms with Crippen molar-refractivity contribution < 1.29 is 9.59 Å². The van der Waals surface area contributed by atoms with Gasteiger partial charge in [-0.1, -0.05) is 41.9 Å². The summed E-state index contributed by atoms with van der Waals surface area (Å²) in [4.78, 5) is 27.6. The molecule has 1 heterocycles. The van der Waals surface area contributed by atoms with Gasteiger partial charge in [-0.15, -0.1) is 0 Å². The SMILES string of the molecule is O=C1CCN(c2ccccc2)C(=O)N1c1ccccc1Cl. The highest BCUT2D eigenvalue weighted by Gasteiger charge is 2.34. The van der Waals surface area contributed by atoms with E-state index < -0.39 is 0 Å². The molecule has 4 nitrogen and oxygen atoms in total. The van der Waals surface area contributed by atoms with Crippen molar-refractivity contribution in [2.24, 2.45) is 0 Å². The summed E-state index contributed by atoms with van der Waals surface area (Å²) in [6, 6.07) is 15.8. The molecule has 0 unspecified atom stereocenters. The molecule has 0 bridgehead atoms. The molecule has 2 aromatic carbocycles. The van der Waals surface area contributed by atoms with Gasteiger partial charge in [0, 0.05) is 18.7 Å². The van der Waals surface area contributed by atoms with Crippen molar-refractivity contribution in [3.63, 3.8) is 0 Å². The lowest BCUT2D eigenvalue weighted by atomic mass is 10.2. The number of imide groups is 1. The van der Waals surface area contributed by atoms with Gasteiger partial charge in [0.05, 0.1) is 10.7 Å². The zero-order valence-corrected chi connectivity index (χ0v) is 12.0. The number of hydrogen-bond donors (Lipinski definition) is 0. The topological polar surface area (TPSA) is 40.6 Å². The van der Waals surface area contributed by atoms with Crippen LogP contribution in [0.2, 0.25) is 5.02 Å². The standard InChI is InChI=1S/C16H13ClN2O2/c17-13-8-4-5-9-14(13)19-15(20)10-11-18(16(19)21)12-6-2-1-3-7-12/h1-9H,10-11H2. The van der Waals surface area contributed by atoms with Crippen LogP contribution in [0, 0.1) is 0 Å². The normalized spacial score (nSPS) is 15.5. The molecular formula is C16H13ClN2O2. The van der Waals surface area contributed by atoms with Crippen LogP contribution in [0.4, 0.5) is 16.2 Å². The number of amides is 3. The Kier molecular flexibility index (Phi) is 3.62. The maximum atomic E-state index is 12.7. The van der Waals surface area contributed by atoms with Gasteiger partial charge in [0.2, 0.25) is 5.91 Å². The monoisotopic (exact) mass is 300 g/mol. The van der Waals surface area contributed by atoms with Crippen molar-refractivity contribution in [3.05, 3.63) is 59.6 Å². The van der Waals surface area contributed by atoms with Gasteiger partial charge in [-0.3, -0.25) is 9.69 Å². The van der Waals surface area contributed by atoms with E-state index in [-0.39, 0.29) is 18.4 Å². The van der Waals surface area contributed by atoms with Crippen molar-refractivity contribution in [1.29, 1.82) is 0 Å². The number of nitrogens with zero attached hydrogens (tertiary/aromatic N) is 2. The molecule has 0 radical (unpaired) electrons. The zero-order chi connectivity index (χ0) is 14.8. The first kappa shape index (κ1) is 13.6. The van der Waals surface area contributed by atoms with Crippen LogP contribution in [-0.2, 0) is 4.79 Å². The number of benzene rings is 2. The Hall–Kier alpha value is -2.33. The number of hydrogen-bond acceptors (Lipinski definition) is 2. The van der Waals surface area contributed by atoms with Crippen LogP contribution < -0.4 is 9.80 Å². The third kappa shape index (κ3) is 2.50. The van der Waals surface area contributed by atoms with E-state index in [9.17, 15) is 9.59 Å². The van der Waals surface area contributed by atoms with E-state index in [1.54, 1.807) is 29.2 Å². The van der Waals surface area contributed by atoms with Gasteiger partial charge in [0.25, 0.3) is 0 Å². The minimum absolute atomic E-state index is 0.236. The number of para-hydroxylation sites is 2. The lowest BCUT2D eigenvalue weighted by Gasteiger charge is -2.34. The summed E-state index contributed by atoms with van der Waals surface area (Å²) in [5, 5.41) is 0.383. The molecule has 0 N–H and O–H groups in total. The summed E-state index contributed by atoms with van der Waals surface area (Å²) in [7, 11) is 0. The number of urea groups is 1. The van der Waals surface area contributed by atoms with Crippen molar-refractivity contribution in [3.8, 4) is 0 Å². The van der Waals surface area contributed by atoms with Gasteiger partial charge in [-0.05, 0) is 24.3 Å². The van der Waals surface area contributed by atoms with Crippen LogP contribution in [0.25, 0.3) is 0 Å². The molecule has 1 saturated heterocycles. The number of carbonyl (C=O) groups excluding carboxylic acids is 2. The summed E-state index contributed by atoms with van der Waals surface area (Å²) >= 11 is 6.12. The molecule has 1 aliphatic rings. The predicted octanol–water partition coefficient (Wildman–Crippen LogP) is 3.70. The number of anilines is 2. The average Bonchev–Trinajstić information content (AvgIpc) is 2.50. The van der Waals surface area contributed by atoms with E-state index in [1.807, 2.05) is 30.3 Å². The molecule has 0 atom stereocenters. The van der Waals surface area contributed by atoms with Crippen molar-refractivity contribution in [2.75, 3.05) is 16.3 Å². The van der Waals surface area contributed by atoms with E-state index >= 15 is 0 Å². The fourth-order valence-electron chi connectivity index (χ4n) is 2.36. The largest absolute Gasteiger partial charge is 0.335 e. The second-order valence-corrected chi connectivity index (χ2v) is 5.11. The highest BCUT2D eigenvalue weighted by Crippen LogP contribution is 2.30. The second kappa shape index (κ2) is 5.58. The van der Waals surface area contributed by atoms with E-state index in [4.69, 9.17) is 11.6 Å². The molecule has 1 aliphatic heterocycles. The minimum atomic E-state index is -0.370. The molecule has 0 aliphatic carbocycles. The third-order valence-corrected chi connectivity index (χ3v) is 3.70. The smallest absolute Gasteiger partial charge is 0.293 e. The van der Waals surface area contributed by atoms with E-state index in [2.05, 4.69) is 0 Å². The zero-order valence-electron chi connectivity index (χ0n) is 11.2. The Morgan fingerprint density at radius 2 is 1.57 bits per heavy atom. The van der Waals surface area contributed by atoms with Crippen LogP contribution in [0.15, 0.2) is 54.6 Å². The molecule has 106 valence electrons. The van der Waals surface area contributed by atoms with Crippen molar-refractivity contribution >= 4 is 34.9 Å². The van der Waals surface area contributed by atoms with Gasteiger partial charge in [-0.25, -0.2) is 9.69 Å². The van der Waals surface area contributed by atoms with Crippen molar-refractivity contribution in [2.45, 2.75) is 6.42 Å². The molecular weight excluding hydrogens is 288 g/mol. The Morgan fingerprint density at radius 3 is 2.29 bits per heavy atom. The Balaban J connectivity index is 1.99. The molecule has 1 fully saturated rings. The lowest BCUT2D eigenvalue weighted by Crippen LogP contribution is -2.52. The first-order chi connectivity index (χ1) is 10.2. The quantitative estimate of drug-likeness (QED) is 0.848. The number of carbonyl (C=O) groups is 2. The van der Waals surface area contributed by atoms with Gasteiger partial charge < -0.3 is 0 Å². The highest BCUT2D eigenvalue weighted by atomic mass is 35.5. The van der Waals surface area contributed by atoms with E-state index in [0.717, 1.165) is 10.6 Å². The summed E-state index contributed by atoms with van der Waals surface area (Å²) in [6.45, 7) is 0.378. The van der Waals surface area contributed by atoms with E-state index in [0.29, 0.717) is 17.3 Å². The Labute approximate surface area is 127 Å². The highest BCUT2D eigenvalue weighted by molar-refractivity contribution is 6.35.